The molecule has 0 heterocycles. The van der Waals surface area contributed by atoms with E-state index in [1.807, 2.05) is 0 Å². The zero-order chi connectivity index (χ0) is 17.6. The summed E-state index contributed by atoms with van der Waals surface area (Å²) in [5.74, 6) is 0. The molecule has 0 aliphatic carbocycles. The summed E-state index contributed by atoms with van der Waals surface area (Å²) in [5.41, 5.74) is 0.290. The van der Waals surface area contributed by atoms with Gasteiger partial charge in [-0.15, -0.1) is 0 Å². The Hall–Kier alpha value is -1.43. The summed E-state index contributed by atoms with van der Waals surface area (Å²) in [7, 11) is -3.66. The molecule has 2 rings (SSSR count). The third-order valence-corrected chi connectivity index (χ3v) is 11.4. The molecule has 0 aliphatic heterocycles. The van der Waals surface area contributed by atoms with Crippen LogP contribution >= 0.6 is 0 Å². The van der Waals surface area contributed by atoms with Crippen LogP contribution in [0.2, 0.25) is 26.2 Å². The topological polar surface area (TPSA) is 9.23 Å². The third kappa shape index (κ3) is 4.56. The summed E-state index contributed by atoms with van der Waals surface area (Å²) >= 11 is 0. The fourth-order valence-electron chi connectivity index (χ4n) is 3.07. The Bertz CT molecular complexity index is 648. The molecular formula is C21H30OSi2. The Morgan fingerprint density at radius 3 is 1.83 bits per heavy atom. The highest BCUT2D eigenvalue weighted by molar-refractivity contribution is 6.92. The maximum absolute atomic E-state index is 6.89. The predicted molar refractivity (Wildman–Crippen MR) is 111 cm³/mol. The molecule has 0 aliphatic rings. The number of hydrogen-bond donors (Lipinski definition) is 0. The molecule has 0 aromatic heterocycles. The van der Waals surface area contributed by atoms with Crippen LogP contribution in [0.3, 0.4) is 0 Å². The molecule has 0 saturated carbocycles. The zero-order valence-corrected chi connectivity index (χ0v) is 17.6. The molecule has 3 heteroatoms. The van der Waals surface area contributed by atoms with Crippen molar-refractivity contribution in [2.24, 2.45) is 0 Å². The van der Waals surface area contributed by atoms with Crippen LogP contribution in [-0.4, -0.2) is 22.1 Å². The van der Waals surface area contributed by atoms with Crippen LogP contribution in [0, 0.1) is 0 Å². The van der Waals surface area contributed by atoms with Crippen LogP contribution < -0.4 is 10.4 Å². The van der Waals surface area contributed by atoms with E-state index >= 15 is 0 Å². The van der Waals surface area contributed by atoms with Crippen molar-refractivity contribution >= 4 is 26.8 Å². The fourth-order valence-corrected chi connectivity index (χ4v) is 9.22. The molecule has 1 nitrogen and oxygen atoms in total. The maximum Gasteiger partial charge on any atom is 0.218 e. The molecule has 0 amide bonds. The highest BCUT2D eigenvalue weighted by Crippen LogP contribution is 2.21. The second-order valence-electron chi connectivity index (χ2n) is 7.38. The zero-order valence-electron chi connectivity index (χ0n) is 15.6. The van der Waals surface area contributed by atoms with Crippen LogP contribution in [0.4, 0.5) is 0 Å². The number of hydrogen-bond acceptors (Lipinski definition) is 1. The normalized spacial score (nSPS) is 14.0. The van der Waals surface area contributed by atoms with Gasteiger partial charge in [-0.05, 0) is 31.6 Å². The summed E-state index contributed by atoms with van der Waals surface area (Å²) in [4.78, 5) is 0. The van der Waals surface area contributed by atoms with Crippen LogP contribution in [0.15, 0.2) is 72.8 Å². The molecule has 128 valence electrons. The fraction of sp³-hybridized carbons (Fsp3) is 0.333. The Balaban J connectivity index is 2.31. The molecule has 2 aromatic carbocycles. The number of allylic oxidation sites excluding steroid dienone is 1. The largest absolute Gasteiger partial charge is 0.412 e. The van der Waals surface area contributed by atoms with Gasteiger partial charge in [0, 0.05) is 5.73 Å². The maximum atomic E-state index is 6.89. The van der Waals surface area contributed by atoms with E-state index in [1.165, 1.54) is 10.4 Å². The standard InChI is InChI=1S/C21H30OSi2/c1-6-7-18-21(23(2,3)19-14-10-8-11-15-19)22-24(4,5)20-16-12-9-13-17-20/h6-17,21H,18H2,1-5H3/b7-6-. The minimum absolute atomic E-state index is 0.290. The first-order valence-electron chi connectivity index (χ1n) is 8.78. The van der Waals surface area contributed by atoms with Crippen molar-refractivity contribution in [3.63, 3.8) is 0 Å². The summed E-state index contributed by atoms with van der Waals surface area (Å²) in [6.07, 6.45) is 5.40. The monoisotopic (exact) mass is 354 g/mol. The smallest absolute Gasteiger partial charge is 0.218 e. The first-order chi connectivity index (χ1) is 11.4. The summed E-state index contributed by atoms with van der Waals surface area (Å²) < 4.78 is 6.89. The van der Waals surface area contributed by atoms with Crippen LogP contribution in [0.1, 0.15) is 13.3 Å². The van der Waals surface area contributed by atoms with E-state index < -0.39 is 16.4 Å². The first-order valence-corrected chi connectivity index (χ1v) is 14.8. The van der Waals surface area contributed by atoms with Crippen LogP contribution in [-0.2, 0) is 4.43 Å². The second kappa shape index (κ2) is 8.10. The highest BCUT2D eigenvalue weighted by Gasteiger charge is 2.38. The lowest BCUT2D eigenvalue weighted by molar-refractivity contribution is 0.271. The molecule has 0 saturated heterocycles. The summed E-state index contributed by atoms with van der Waals surface area (Å²) in [6, 6.07) is 21.7. The molecule has 1 unspecified atom stereocenters. The van der Waals surface area contributed by atoms with Gasteiger partial charge in [-0.1, -0.05) is 91.1 Å². The Morgan fingerprint density at radius 2 is 1.33 bits per heavy atom. The van der Waals surface area contributed by atoms with E-state index in [0.29, 0.717) is 0 Å². The molecule has 1 atom stereocenters. The van der Waals surface area contributed by atoms with Crippen LogP contribution in [0.5, 0.6) is 0 Å². The molecule has 24 heavy (non-hydrogen) atoms. The average molecular weight is 355 g/mol. The van der Waals surface area contributed by atoms with Crippen molar-refractivity contribution < 1.29 is 4.43 Å². The molecule has 0 N–H and O–H groups in total. The highest BCUT2D eigenvalue weighted by atomic mass is 28.4. The Kier molecular flexibility index (Phi) is 6.38. The quantitative estimate of drug-likeness (QED) is 0.521. The molecular weight excluding hydrogens is 324 g/mol. The van der Waals surface area contributed by atoms with Gasteiger partial charge in [0.1, 0.15) is 8.07 Å². The van der Waals surface area contributed by atoms with E-state index in [-0.39, 0.29) is 5.73 Å². The van der Waals surface area contributed by atoms with E-state index in [1.54, 1.807) is 0 Å². The van der Waals surface area contributed by atoms with Crippen LogP contribution in [0.25, 0.3) is 0 Å². The van der Waals surface area contributed by atoms with Crippen molar-refractivity contribution in [3.8, 4) is 0 Å². The number of benzene rings is 2. The molecule has 0 spiro atoms. The summed E-state index contributed by atoms with van der Waals surface area (Å²) in [5, 5.41) is 2.84. The second-order valence-corrected chi connectivity index (χ2v) is 15.9. The van der Waals surface area contributed by atoms with Gasteiger partial charge in [0.25, 0.3) is 0 Å². The van der Waals surface area contributed by atoms with E-state index in [9.17, 15) is 0 Å². The Labute approximate surface area is 149 Å². The lowest BCUT2D eigenvalue weighted by atomic mass is 10.4. The van der Waals surface area contributed by atoms with Gasteiger partial charge in [-0.2, -0.15) is 0 Å². The lowest BCUT2D eigenvalue weighted by Crippen LogP contribution is -2.59. The van der Waals surface area contributed by atoms with Gasteiger partial charge in [-0.3, -0.25) is 0 Å². The molecule has 0 bridgehead atoms. The van der Waals surface area contributed by atoms with E-state index in [2.05, 4.69) is 106 Å². The van der Waals surface area contributed by atoms with Gasteiger partial charge in [0.15, 0.2) is 0 Å². The van der Waals surface area contributed by atoms with E-state index in [4.69, 9.17) is 4.43 Å². The summed E-state index contributed by atoms with van der Waals surface area (Å²) in [6.45, 7) is 11.6. The molecule has 0 fully saturated rings. The first kappa shape index (κ1) is 18.9. The molecule has 0 radical (unpaired) electrons. The molecule has 2 aromatic rings. The van der Waals surface area contributed by atoms with E-state index in [0.717, 1.165) is 6.42 Å². The minimum Gasteiger partial charge on any atom is -0.412 e. The van der Waals surface area contributed by atoms with Crippen molar-refractivity contribution in [2.45, 2.75) is 45.3 Å². The predicted octanol–water partition coefficient (Wildman–Crippen LogP) is 4.60. The van der Waals surface area contributed by atoms with Gasteiger partial charge in [0.2, 0.25) is 8.32 Å². The Morgan fingerprint density at radius 1 is 0.833 bits per heavy atom. The third-order valence-electron chi connectivity index (χ3n) is 4.81. The van der Waals surface area contributed by atoms with Crippen molar-refractivity contribution in [3.05, 3.63) is 72.8 Å². The van der Waals surface area contributed by atoms with Gasteiger partial charge < -0.3 is 4.43 Å². The van der Waals surface area contributed by atoms with Gasteiger partial charge in [0.05, 0.1) is 0 Å². The van der Waals surface area contributed by atoms with Gasteiger partial charge in [-0.25, -0.2) is 0 Å². The number of rotatable bonds is 7. The van der Waals surface area contributed by atoms with Crippen molar-refractivity contribution in [1.29, 1.82) is 0 Å². The van der Waals surface area contributed by atoms with Crippen molar-refractivity contribution in [1.82, 2.24) is 0 Å². The van der Waals surface area contributed by atoms with Gasteiger partial charge >= 0.3 is 0 Å². The van der Waals surface area contributed by atoms with Crippen molar-refractivity contribution in [2.75, 3.05) is 0 Å². The minimum atomic E-state index is -1.93. The lowest BCUT2D eigenvalue weighted by Gasteiger charge is -2.38. The average Bonchev–Trinajstić information content (AvgIpc) is 2.60. The SMILES string of the molecule is C/C=C\CC(O[Si](C)(C)c1ccccc1)[Si](C)(C)c1ccccc1.